The van der Waals surface area contributed by atoms with Crippen LogP contribution in [0.5, 0.6) is 5.75 Å². The van der Waals surface area contributed by atoms with Gasteiger partial charge in [0.2, 0.25) is 5.91 Å². The van der Waals surface area contributed by atoms with Crippen molar-refractivity contribution in [3.63, 3.8) is 0 Å². The molecule has 0 aromatic heterocycles. The van der Waals surface area contributed by atoms with E-state index in [1.54, 1.807) is 13.2 Å². The smallest absolute Gasteiger partial charge is 0.259 e. The highest BCUT2D eigenvalue weighted by Crippen LogP contribution is 2.37. The molecule has 3 aromatic carbocycles. The van der Waals surface area contributed by atoms with Crippen LogP contribution in [-0.2, 0) is 4.79 Å². The summed E-state index contributed by atoms with van der Waals surface area (Å²) in [4.78, 5) is 29.4. The number of hydrogen-bond donors (Lipinski definition) is 1. The number of anilines is 2. The van der Waals surface area contributed by atoms with Gasteiger partial charge in [0.15, 0.2) is 0 Å². The van der Waals surface area contributed by atoms with Gasteiger partial charge in [-0.1, -0.05) is 49.7 Å². The minimum atomic E-state index is -0.284. The van der Waals surface area contributed by atoms with Gasteiger partial charge in [-0.25, -0.2) is 0 Å². The largest absolute Gasteiger partial charge is 0.495 e. The molecule has 2 amide bonds. The SMILES string of the molecule is COc1c(C(=O)Nc2ccc(N3CCN(C(=O)C(C)C)CC3)c(Cl)c2)cc2ccccc2c1Br. The van der Waals surface area contributed by atoms with E-state index in [1.165, 1.54) is 0 Å². The molecule has 1 N–H and O–H groups in total. The Morgan fingerprint density at radius 2 is 1.76 bits per heavy atom. The number of methoxy groups -OCH3 is 1. The quantitative estimate of drug-likeness (QED) is 0.440. The van der Waals surface area contributed by atoms with Gasteiger partial charge in [-0.05, 0) is 51.0 Å². The summed E-state index contributed by atoms with van der Waals surface area (Å²) in [5.74, 6) is 0.375. The Bertz CT molecular complexity index is 1240. The number of carbonyl (C=O) groups is 2. The molecular formula is C26H27BrClN3O3. The van der Waals surface area contributed by atoms with E-state index in [1.807, 2.05) is 61.2 Å². The maximum atomic E-state index is 13.1. The summed E-state index contributed by atoms with van der Waals surface area (Å²) in [6.07, 6.45) is 0. The zero-order valence-corrected chi connectivity index (χ0v) is 21.7. The summed E-state index contributed by atoms with van der Waals surface area (Å²) in [5, 5.41) is 5.39. The Morgan fingerprint density at radius 1 is 1.06 bits per heavy atom. The second-order valence-corrected chi connectivity index (χ2v) is 9.78. The molecule has 3 aromatic rings. The van der Waals surface area contributed by atoms with Gasteiger partial charge in [-0.3, -0.25) is 9.59 Å². The van der Waals surface area contributed by atoms with Crippen molar-refractivity contribution in [2.75, 3.05) is 43.5 Å². The van der Waals surface area contributed by atoms with E-state index in [0.29, 0.717) is 48.2 Å². The van der Waals surface area contributed by atoms with E-state index < -0.39 is 0 Å². The Kier molecular flexibility index (Phi) is 7.33. The first-order valence-electron chi connectivity index (χ1n) is 11.2. The van der Waals surface area contributed by atoms with Gasteiger partial charge in [0.05, 0.1) is 27.9 Å². The second kappa shape index (κ2) is 10.2. The number of ether oxygens (including phenoxy) is 1. The van der Waals surface area contributed by atoms with Crippen molar-refractivity contribution < 1.29 is 14.3 Å². The molecule has 4 rings (SSSR count). The van der Waals surface area contributed by atoms with Crippen LogP contribution in [-0.4, -0.2) is 50.0 Å². The number of amides is 2. The molecule has 34 heavy (non-hydrogen) atoms. The minimum Gasteiger partial charge on any atom is -0.495 e. The van der Waals surface area contributed by atoms with Gasteiger partial charge in [0, 0.05) is 37.8 Å². The topological polar surface area (TPSA) is 61.9 Å². The fraction of sp³-hybridized carbons (Fsp3) is 0.308. The Hall–Kier alpha value is -2.77. The Balaban J connectivity index is 1.50. The average molecular weight is 545 g/mol. The third kappa shape index (κ3) is 4.86. The molecule has 0 spiro atoms. The molecule has 0 unspecified atom stereocenters. The van der Waals surface area contributed by atoms with Crippen LogP contribution in [0.4, 0.5) is 11.4 Å². The molecule has 0 atom stereocenters. The van der Waals surface area contributed by atoms with E-state index in [0.717, 1.165) is 20.9 Å². The van der Waals surface area contributed by atoms with Crippen molar-refractivity contribution in [3.05, 3.63) is 63.6 Å². The van der Waals surface area contributed by atoms with Crippen LogP contribution >= 0.6 is 27.5 Å². The van der Waals surface area contributed by atoms with Crippen molar-refractivity contribution in [1.82, 2.24) is 4.90 Å². The lowest BCUT2D eigenvalue weighted by molar-refractivity contribution is -0.134. The highest BCUT2D eigenvalue weighted by Gasteiger charge is 2.24. The number of rotatable bonds is 5. The first-order chi connectivity index (χ1) is 16.3. The van der Waals surface area contributed by atoms with Crippen molar-refractivity contribution in [2.24, 2.45) is 5.92 Å². The van der Waals surface area contributed by atoms with Crippen molar-refractivity contribution in [1.29, 1.82) is 0 Å². The molecule has 178 valence electrons. The van der Waals surface area contributed by atoms with E-state index in [4.69, 9.17) is 16.3 Å². The third-order valence-corrected chi connectivity index (χ3v) is 7.11. The molecule has 0 radical (unpaired) electrons. The van der Waals surface area contributed by atoms with Gasteiger partial charge in [0.1, 0.15) is 5.75 Å². The molecule has 1 aliphatic rings. The zero-order chi connectivity index (χ0) is 24.4. The highest BCUT2D eigenvalue weighted by molar-refractivity contribution is 9.10. The minimum absolute atomic E-state index is 0.000108. The molecule has 1 saturated heterocycles. The molecule has 8 heteroatoms. The summed E-state index contributed by atoms with van der Waals surface area (Å²) in [6, 6.07) is 15.1. The molecule has 0 saturated carbocycles. The molecule has 1 fully saturated rings. The van der Waals surface area contributed by atoms with Crippen molar-refractivity contribution >= 4 is 61.5 Å². The molecular weight excluding hydrogens is 518 g/mol. The summed E-state index contributed by atoms with van der Waals surface area (Å²) in [7, 11) is 1.55. The van der Waals surface area contributed by atoms with Gasteiger partial charge >= 0.3 is 0 Å². The fourth-order valence-corrected chi connectivity index (χ4v) is 5.26. The lowest BCUT2D eigenvalue weighted by Gasteiger charge is -2.37. The predicted octanol–water partition coefficient (Wildman–Crippen LogP) is 5.82. The van der Waals surface area contributed by atoms with E-state index in [9.17, 15) is 9.59 Å². The first kappa shape index (κ1) is 24.4. The number of piperazine rings is 1. The maximum Gasteiger partial charge on any atom is 0.259 e. The highest BCUT2D eigenvalue weighted by atomic mass is 79.9. The van der Waals surface area contributed by atoms with Crippen LogP contribution in [0.15, 0.2) is 53.0 Å². The van der Waals surface area contributed by atoms with Crippen molar-refractivity contribution in [3.8, 4) is 5.75 Å². The van der Waals surface area contributed by atoms with Crippen LogP contribution in [0.3, 0.4) is 0 Å². The summed E-state index contributed by atoms with van der Waals surface area (Å²) in [5.41, 5.74) is 1.92. The molecule has 6 nitrogen and oxygen atoms in total. The van der Waals surface area contributed by atoms with Crippen LogP contribution in [0, 0.1) is 5.92 Å². The Labute approximate surface area is 212 Å². The van der Waals surface area contributed by atoms with Crippen LogP contribution in [0.2, 0.25) is 5.02 Å². The lowest BCUT2D eigenvalue weighted by atomic mass is 10.0. The predicted molar refractivity (Wildman–Crippen MR) is 141 cm³/mol. The van der Waals surface area contributed by atoms with Gasteiger partial charge in [-0.2, -0.15) is 0 Å². The summed E-state index contributed by atoms with van der Waals surface area (Å²) in [6.45, 7) is 6.61. The van der Waals surface area contributed by atoms with Gasteiger partial charge in [-0.15, -0.1) is 0 Å². The number of fused-ring (bicyclic) bond motifs is 1. The molecule has 1 heterocycles. The fourth-order valence-electron chi connectivity index (χ4n) is 4.23. The molecule has 1 aliphatic heterocycles. The monoisotopic (exact) mass is 543 g/mol. The summed E-state index contributed by atoms with van der Waals surface area (Å²) < 4.78 is 6.27. The van der Waals surface area contributed by atoms with Gasteiger partial charge < -0.3 is 19.9 Å². The number of carbonyl (C=O) groups excluding carboxylic acids is 2. The van der Waals surface area contributed by atoms with Crippen LogP contribution < -0.4 is 15.0 Å². The summed E-state index contributed by atoms with van der Waals surface area (Å²) >= 11 is 10.2. The van der Waals surface area contributed by atoms with Crippen LogP contribution in [0.25, 0.3) is 10.8 Å². The molecule has 0 aliphatic carbocycles. The maximum absolute atomic E-state index is 13.1. The van der Waals surface area contributed by atoms with Crippen molar-refractivity contribution in [2.45, 2.75) is 13.8 Å². The van der Waals surface area contributed by atoms with E-state index >= 15 is 0 Å². The van der Waals surface area contributed by atoms with Gasteiger partial charge in [0.25, 0.3) is 5.91 Å². The van der Waals surface area contributed by atoms with E-state index in [-0.39, 0.29) is 17.7 Å². The average Bonchev–Trinajstić information content (AvgIpc) is 2.83. The Morgan fingerprint density at radius 3 is 2.41 bits per heavy atom. The first-order valence-corrected chi connectivity index (χ1v) is 12.4. The normalized spacial score (nSPS) is 13.9. The number of benzene rings is 3. The lowest BCUT2D eigenvalue weighted by Crippen LogP contribution is -2.50. The van der Waals surface area contributed by atoms with E-state index in [2.05, 4.69) is 26.1 Å². The second-order valence-electron chi connectivity index (χ2n) is 8.58. The third-order valence-electron chi connectivity index (χ3n) is 6.02. The number of halogens is 2. The van der Waals surface area contributed by atoms with Crippen LogP contribution in [0.1, 0.15) is 24.2 Å². The zero-order valence-electron chi connectivity index (χ0n) is 19.4. The molecule has 0 bridgehead atoms. The number of hydrogen-bond acceptors (Lipinski definition) is 4. The number of nitrogens with zero attached hydrogens (tertiary/aromatic N) is 2. The standard InChI is InChI=1S/C26H27BrClN3O3/c1-16(2)26(33)31-12-10-30(11-13-31)22-9-8-18(15-21(22)28)29-25(32)20-14-17-6-4-5-7-19(17)23(27)24(20)34-3/h4-9,14-16H,10-13H2,1-3H3,(H,29,32). The number of nitrogens with one attached hydrogen (secondary N) is 1.